The molecule has 0 atom stereocenters. The van der Waals surface area contributed by atoms with Gasteiger partial charge in [-0.2, -0.15) is 0 Å². The van der Waals surface area contributed by atoms with Crippen LogP contribution in [0.5, 0.6) is 5.75 Å². The van der Waals surface area contributed by atoms with Crippen LogP contribution in [-0.4, -0.2) is 12.5 Å². The van der Waals surface area contributed by atoms with Gasteiger partial charge in [-0.15, -0.1) is 0 Å². The fraction of sp³-hybridized carbons (Fsp3) is 0.133. The summed E-state index contributed by atoms with van der Waals surface area (Å²) in [6.45, 7) is 1.53. The van der Waals surface area contributed by atoms with Gasteiger partial charge in [-0.05, 0) is 36.8 Å². The second-order valence-electron chi connectivity index (χ2n) is 4.25. The summed E-state index contributed by atoms with van der Waals surface area (Å²) < 4.78 is 18.8. The molecule has 1 N–H and O–H groups in total. The third-order valence-electron chi connectivity index (χ3n) is 2.59. The maximum Gasteiger partial charge on any atom is 0.262 e. The smallest absolute Gasteiger partial charge is 0.262 e. The lowest BCUT2D eigenvalue weighted by molar-refractivity contribution is -0.118. The summed E-state index contributed by atoms with van der Waals surface area (Å²) in [7, 11) is 0. The first-order valence-corrected chi connectivity index (χ1v) is 6.37. The van der Waals surface area contributed by atoms with E-state index in [9.17, 15) is 9.18 Å². The summed E-state index contributed by atoms with van der Waals surface area (Å²) in [5.41, 5.74) is 0.913. The number of aryl methyl sites for hydroxylation is 1. The summed E-state index contributed by atoms with van der Waals surface area (Å²) in [5, 5.41) is 2.86. The number of rotatable bonds is 4. The summed E-state index contributed by atoms with van der Waals surface area (Å²) in [6.07, 6.45) is 0. The quantitative estimate of drug-likeness (QED) is 0.931. The molecule has 0 fully saturated rings. The van der Waals surface area contributed by atoms with Crippen molar-refractivity contribution in [2.75, 3.05) is 11.9 Å². The number of halogens is 2. The zero-order chi connectivity index (χ0) is 14.5. The molecule has 104 valence electrons. The first kappa shape index (κ1) is 14.3. The number of para-hydroxylation sites is 1. The highest BCUT2D eigenvalue weighted by atomic mass is 35.5. The third kappa shape index (κ3) is 3.71. The minimum Gasteiger partial charge on any atom is -0.482 e. The average Bonchev–Trinajstić information content (AvgIpc) is 2.41. The maximum atomic E-state index is 13.6. The lowest BCUT2D eigenvalue weighted by atomic mass is 10.2. The summed E-state index contributed by atoms with van der Waals surface area (Å²) in [4.78, 5) is 11.7. The first-order valence-electron chi connectivity index (χ1n) is 5.99. The van der Waals surface area contributed by atoms with Crippen LogP contribution >= 0.6 is 11.6 Å². The van der Waals surface area contributed by atoms with Crippen LogP contribution < -0.4 is 10.1 Å². The van der Waals surface area contributed by atoms with Crippen LogP contribution in [-0.2, 0) is 4.79 Å². The average molecular weight is 294 g/mol. The maximum absolute atomic E-state index is 13.6. The fourth-order valence-electron chi connectivity index (χ4n) is 1.61. The van der Waals surface area contributed by atoms with Crippen LogP contribution in [0.2, 0.25) is 5.02 Å². The van der Waals surface area contributed by atoms with E-state index in [1.54, 1.807) is 37.3 Å². The van der Waals surface area contributed by atoms with E-state index in [1.807, 2.05) is 0 Å². The van der Waals surface area contributed by atoms with Crippen LogP contribution in [0.1, 0.15) is 5.56 Å². The second-order valence-corrected chi connectivity index (χ2v) is 4.66. The van der Waals surface area contributed by atoms with E-state index < -0.39 is 11.7 Å². The Bertz CT molecular complexity index is 631. The van der Waals surface area contributed by atoms with Crippen molar-refractivity contribution in [1.29, 1.82) is 0 Å². The van der Waals surface area contributed by atoms with Crippen molar-refractivity contribution in [3.05, 3.63) is 58.9 Å². The predicted octanol–water partition coefficient (Wildman–Crippen LogP) is 3.81. The molecule has 20 heavy (non-hydrogen) atoms. The summed E-state index contributed by atoms with van der Waals surface area (Å²) in [5.74, 6) is -0.516. The topological polar surface area (TPSA) is 38.3 Å². The normalized spacial score (nSPS) is 10.2. The van der Waals surface area contributed by atoms with Crippen LogP contribution in [0.25, 0.3) is 0 Å². The molecule has 1 amide bonds. The molecule has 0 saturated carbocycles. The molecule has 0 aromatic heterocycles. The van der Waals surface area contributed by atoms with Crippen molar-refractivity contribution in [1.82, 2.24) is 0 Å². The lowest BCUT2D eigenvalue weighted by Crippen LogP contribution is -2.20. The van der Waals surface area contributed by atoms with Gasteiger partial charge >= 0.3 is 0 Å². The molecule has 0 aliphatic heterocycles. The highest BCUT2D eigenvalue weighted by molar-refractivity contribution is 6.32. The lowest BCUT2D eigenvalue weighted by Gasteiger charge is -2.09. The Kier molecular flexibility index (Phi) is 4.58. The van der Waals surface area contributed by atoms with E-state index in [-0.39, 0.29) is 12.3 Å². The molecule has 0 unspecified atom stereocenters. The Hall–Kier alpha value is -2.07. The standard InChI is InChI=1S/C15H13ClFNO2/c1-10-6-7-13(12(17)8-10)18-15(19)9-20-14-5-3-2-4-11(14)16/h2-8H,9H2,1H3,(H,18,19). The Morgan fingerprint density at radius 2 is 2.05 bits per heavy atom. The number of carbonyl (C=O) groups excluding carboxylic acids is 1. The molecule has 0 radical (unpaired) electrons. The van der Waals surface area contributed by atoms with E-state index in [0.29, 0.717) is 10.8 Å². The highest BCUT2D eigenvalue weighted by Gasteiger charge is 2.08. The molecule has 0 heterocycles. The van der Waals surface area contributed by atoms with Gasteiger partial charge in [0.1, 0.15) is 11.6 Å². The van der Waals surface area contributed by atoms with Gasteiger partial charge in [0.2, 0.25) is 0 Å². The van der Waals surface area contributed by atoms with Crippen molar-refractivity contribution in [2.24, 2.45) is 0 Å². The first-order chi connectivity index (χ1) is 9.56. The SMILES string of the molecule is Cc1ccc(NC(=O)COc2ccccc2Cl)c(F)c1. The minimum atomic E-state index is -0.476. The Labute approximate surface area is 121 Å². The Balaban J connectivity index is 1.94. The van der Waals surface area contributed by atoms with Crippen molar-refractivity contribution in [2.45, 2.75) is 6.92 Å². The van der Waals surface area contributed by atoms with E-state index in [0.717, 1.165) is 5.56 Å². The van der Waals surface area contributed by atoms with Crippen LogP contribution in [0.4, 0.5) is 10.1 Å². The molecule has 2 aromatic rings. The molecule has 0 saturated heterocycles. The molecule has 2 aromatic carbocycles. The molecule has 0 spiro atoms. The minimum absolute atomic E-state index is 0.128. The predicted molar refractivity (Wildman–Crippen MR) is 76.7 cm³/mol. The van der Waals surface area contributed by atoms with Gasteiger partial charge in [0, 0.05) is 0 Å². The van der Waals surface area contributed by atoms with Crippen LogP contribution in [0.15, 0.2) is 42.5 Å². The van der Waals surface area contributed by atoms with Gasteiger partial charge in [-0.3, -0.25) is 4.79 Å². The molecule has 3 nitrogen and oxygen atoms in total. The van der Waals surface area contributed by atoms with Crippen molar-refractivity contribution in [3.8, 4) is 5.75 Å². The number of nitrogens with one attached hydrogen (secondary N) is 1. The van der Waals surface area contributed by atoms with Gasteiger partial charge in [-0.1, -0.05) is 29.8 Å². The number of amides is 1. The van der Waals surface area contributed by atoms with Gasteiger partial charge in [0.15, 0.2) is 6.61 Å². The van der Waals surface area contributed by atoms with Gasteiger partial charge in [0.05, 0.1) is 10.7 Å². The number of ether oxygens (including phenoxy) is 1. The van der Waals surface area contributed by atoms with Crippen molar-refractivity contribution in [3.63, 3.8) is 0 Å². The number of hydrogen-bond acceptors (Lipinski definition) is 2. The molecule has 0 aliphatic carbocycles. The monoisotopic (exact) mass is 293 g/mol. The third-order valence-corrected chi connectivity index (χ3v) is 2.91. The highest BCUT2D eigenvalue weighted by Crippen LogP contribution is 2.23. The number of hydrogen-bond donors (Lipinski definition) is 1. The molecular weight excluding hydrogens is 281 g/mol. The zero-order valence-electron chi connectivity index (χ0n) is 10.8. The van der Waals surface area contributed by atoms with E-state index in [4.69, 9.17) is 16.3 Å². The Morgan fingerprint density at radius 1 is 1.30 bits per heavy atom. The van der Waals surface area contributed by atoms with Crippen molar-refractivity contribution >= 4 is 23.2 Å². The summed E-state index contributed by atoms with van der Waals surface area (Å²) in [6, 6.07) is 11.4. The van der Waals surface area contributed by atoms with Gasteiger partial charge in [-0.25, -0.2) is 4.39 Å². The largest absolute Gasteiger partial charge is 0.482 e. The van der Waals surface area contributed by atoms with Gasteiger partial charge < -0.3 is 10.1 Å². The molecule has 0 aliphatic rings. The van der Waals surface area contributed by atoms with E-state index >= 15 is 0 Å². The number of benzene rings is 2. The second kappa shape index (κ2) is 6.39. The molecular formula is C15H13ClFNO2. The van der Waals surface area contributed by atoms with Crippen LogP contribution in [0.3, 0.4) is 0 Å². The Morgan fingerprint density at radius 3 is 2.75 bits per heavy atom. The summed E-state index contributed by atoms with van der Waals surface area (Å²) >= 11 is 5.89. The number of anilines is 1. The molecule has 2 rings (SSSR count). The fourth-order valence-corrected chi connectivity index (χ4v) is 1.80. The zero-order valence-corrected chi connectivity index (χ0v) is 11.6. The van der Waals surface area contributed by atoms with E-state index in [2.05, 4.69) is 5.32 Å². The molecule has 5 heteroatoms. The van der Waals surface area contributed by atoms with Crippen LogP contribution in [0, 0.1) is 12.7 Å². The number of carbonyl (C=O) groups is 1. The van der Waals surface area contributed by atoms with Gasteiger partial charge in [0.25, 0.3) is 5.91 Å². The van der Waals surface area contributed by atoms with E-state index in [1.165, 1.54) is 12.1 Å². The molecule has 0 bridgehead atoms. The van der Waals surface area contributed by atoms with Crippen molar-refractivity contribution < 1.29 is 13.9 Å².